The van der Waals surface area contributed by atoms with Crippen molar-refractivity contribution in [1.82, 2.24) is 5.32 Å². The summed E-state index contributed by atoms with van der Waals surface area (Å²) in [4.78, 5) is 20.8. The molecular formula is C14H19NO2. The molecule has 17 heavy (non-hydrogen) atoms. The van der Waals surface area contributed by atoms with E-state index in [2.05, 4.69) is 50.4 Å². The van der Waals surface area contributed by atoms with Crippen LogP contribution in [0.1, 0.15) is 31.9 Å². The van der Waals surface area contributed by atoms with E-state index in [0.717, 1.165) is 12.0 Å². The number of carbonyl (C=O) groups excluding carboxylic acids is 2. The van der Waals surface area contributed by atoms with Crippen LogP contribution in [0.15, 0.2) is 24.3 Å². The second kappa shape index (κ2) is 5.62. The molecule has 0 aliphatic rings. The molecule has 0 spiro atoms. The van der Waals surface area contributed by atoms with Gasteiger partial charge in [-0.3, -0.25) is 9.59 Å². The Morgan fingerprint density at radius 2 is 1.82 bits per heavy atom. The Kier molecular flexibility index (Phi) is 4.44. The van der Waals surface area contributed by atoms with Gasteiger partial charge in [0.1, 0.15) is 0 Å². The van der Waals surface area contributed by atoms with E-state index < -0.39 is 5.91 Å². The topological polar surface area (TPSA) is 46.2 Å². The quantitative estimate of drug-likeness (QED) is 0.637. The van der Waals surface area contributed by atoms with E-state index in [0.29, 0.717) is 12.8 Å². The molecule has 0 heterocycles. The Balaban J connectivity index is 2.52. The number of hydrogen-bond donors (Lipinski definition) is 1. The Bertz CT molecular complexity index is 388. The van der Waals surface area contributed by atoms with Crippen molar-refractivity contribution in [2.75, 3.05) is 6.54 Å². The smallest absolute Gasteiger partial charge is 0.284 e. The van der Waals surface area contributed by atoms with Crippen molar-refractivity contribution < 1.29 is 9.59 Å². The average Bonchev–Trinajstić information content (AvgIpc) is 2.28. The maximum absolute atomic E-state index is 10.7. The summed E-state index contributed by atoms with van der Waals surface area (Å²) in [6.45, 7) is 7.01. The van der Waals surface area contributed by atoms with Crippen LogP contribution in [0.5, 0.6) is 0 Å². The van der Waals surface area contributed by atoms with Crippen molar-refractivity contribution >= 4 is 12.2 Å². The van der Waals surface area contributed by atoms with Gasteiger partial charge in [-0.05, 0) is 23.0 Å². The van der Waals surface area contributed by atoms with Crippen molar-refractivity contribution in [3.8, 4) is 0 Å². The van der Waals surface area contributed by atoms with Crippen LogP contribution in [0.3, 0.4) is 0 Å². The zero-order chi connectivity index (χ0) is 12.9. The first-order chi connectivity index (χ1) is 7.93. The monoisotopic (exact) mass is 233 g/mol. The summed E-state index contributed by atoms with van der Waals surface area (Å²) in [5.41, 5.74) is 2.60. The fourth-order valence-corrected chi connectivity index (χ4v) is 1.54. The largest absolute Gasteiger partial charge is 0.349 e. The van der Waals surface area contributed by atoms with Crippen LogP contribution in [-0.2, 0) is 21.4 Å². The van der Waals surface area contributed by atoms with Gasteiger partial charge in [-0.2, -0.15) is 0 Å². The van der Waals surface area contributed by atoms with Crippen LogP contribution in [-0.4, -0.2) is 18.7 Å². The zero-order valence-electron chi connectivity index (χ0n) is 10.6. The van der Waals surface area contributed by atoms with Crippen molar-refractivity contribution in [2.45, 2.75) is 32.6 Å². The summed E-state index contributed by atoms with van der Waals surface area (Å²) in [5, 5.41) is 2.52. The van der Waals surface area contributed by atoms with Gasteiger partial charge in [-0.15, -0.1) is 0 Å². The third-order valence-corrected chi connectivity index (χ3v) is 2.64. The number of rotatable bonds is 4. The Morgan fingerprint density at radius 1 is 1.24 bits per heavy atom. The predicted molar refractivity (Wildman–Crippen MR) is 67.9 cm³/mol. The highest BCUT2D eigenvalue weighted by Gasteiger charge is 2.12. The molecule has 1 aromatic rings. The second-order valence-corrected chi connectivity index (χ2v) is 5.11. The van der Waals surface area contributed by atoms with Crippen molar-refractivity contribution in [2.24, 2.45) is 0 Å². The van der Waals surface area contributed by atoms with Crippen LogP contribution in [0, 0.1) is 0 Å². The number of benzene rings is 1. The van der Waals surface area contributed by atoms with Crippen LogP contribution in [0.4, 0.5) is 0 Å². The van der Waals surface area contributed by atoms with E-state index in [-0.39, 0.29) is 5.41 Å². The number of aldehydes is 1. The lowest BCUT2D eigenvalue weighted by atomic mass is 9.86. The van der Waals surface area contributed by atoms with E-state index in [1.165, 1.54) is 5.56 Å². The number of hydrogen-bond acceptors (Lipinski definition) is 2. The van der Waals surface area contributed by atoms with E-state index in [1.54, 1.807) is 0 Å². The molecule has 1 amide bonds. The van der Waals surface area contributed by atoms with Crippen molar-refractivity contribution in [3.63, 3.8) is 0 Å². The molecule has 92 valence electrons. The van der Waals surface area contributed by atoms with Gasteiger partial charge in [0.15, 0.2) is 0 Å². The molecule has 0 aromatic heterocycles. The fourth-order valence-electron chi connectivity index (χ4n) is 1.54. The highest BCUT2D eigenvalue weighted by molar-refractivity contribution is 6.23. The molecule has 3 heteroatoms. The van der Waals surface area contributed by atoms with Gasteiger partial charge < -0.3 is 5.32 Å². The van der Waals surface area contributed by atoms with Crippen LogP contribution in [0.2, 0.25) is 0 Å². The molecular weight excluding hydrogens is 214 g/mol. The van der Waals surface area contributed by atoms with Crippen molar-refractivity contribution in [1.29, 1.82) is 0 Å². The molecule has 0 atom stereocenters. The van der Waals surface area contributed by atoms with E-state index in [9.17, 15) is 9.59 Å². The van der Waals surface area contributed by atoms with Gasteiger partial charge in [0.2, 0.25) is 6.29 Å². The Morgan fingerprint density at radius 3 is 2.29 bits per heavy atom. The van der Waals surface area contributed by atoms with Gasteiger partial charge in [0.25, 0.3) is 5.91 Å². The summed E-state index contributed by atoms with van der Waals surface area (Å²) in [7, 11) is 0. The van der Waals surface area contributed by atoms with Gasteiger partial charge in [-0.25, -0.2) is 0 Å². The highest BCUT2D eigenvalue weighted by atomic mass is 16.2. The van der Waals surface area contributed by atoms with Gasteiger partial charge in [0, 0.05) is 6.54 Å². The standard InChI is InChI=1S/C14H19NO2/c1-14(2,3)12-6-4-11(5-7-12)8-9-15-13(17)10-16/h4-7,10H,8-9H2,1-3H3,(H,15,17). The first-order valence-electron chi connectivity index (χ1n) is 5.76. The predicted octanol–water partition coefficient (Wildman–Crippen LogP) is 1.84. The highest BCUT2D eigenvalue weighted by Crippen LogP contribution is 2.22. The zero-order valence-corrected chi connectivity index (χ0v) is 10.6. The molecule has 1 rings (SSSR count). The number of nitrogens with one attached hydrogen (secondary N) is 1. The van der Waals surface area contributed by atoms with Gasteiger partial charge in [0.05, 0.1) is 0 Å². The summed E-state index contributed by atoms with van der Waals surface area (Å²) in [5.74, 6) is -0.559. The second-order valence-electron chi connectivity index (χ2n) is 5.11. The SMILES string of the molecule is CC(C)(C)c1ccc(CCNC(=O)C=O)cc1. The van der Waals surface area contributed by atoms with Crippen LogP contribution >= 0.6 is 0 Å². The molecule has 0 radical (unpaired) electrons. The third kappa shape index (κ3) is 4.39. The maximum atomic E-state index is 10.7. The average molecular weight is 233 g/mol. The maximum Gasteiger partial charge on any atom is 0.284 e. The summed E-state index contributed by atoms with van der Waals surface area (Å²) >= 11 is 0. The molecule has 0 fully saturated rings. The summed E-state index contributed by atoms with van der Waals surface area (Å²) in [6.07, 6.45) is 1.03. The van der Waals surface area contributed by atoms with Gasteiger partial charge >= 0.3 is 0 Å². The molecule has 0 saturated carbocycles. The minimum atomic E-state index is -0.559. The molecule has 0 bridgehead atoms. The number of amides is 1. The minimum Gasteiger partial charge on any atom is -0.349 e. The molecule has 0 aliphatic carbocycles. The Labute approximate surface area is 102 Å². The van der Waals surface area contributed by atoms with Crippen molar-refractivity contribution in [3.05, 3.63) is 35.4 Å². The Hall–Kier alpha value is -1.64. The van der Waals surface area contributed by atoms with E-state index >= 15 is 0 Å². The van der Waals surface area contributed by atoms with Crippen LogP contribution in [0.25, 0.3) is 0 Å². The summed E-state index contributed by atoms with van der Waals surface area (Å²) < 4.78 is 0. The van der Waals surface area contributed by atoms with E-state index in [4.69, 9.17) is 0 Å². The van der Waals surface area contributed by atoms with Crippen LogP contribution < -0.4 is 5.32 Å². The molecule has 1 aromatic carbocycles. The lowest BCUT2D eigenvalue weighted by Gasteiger charge is -2.19. The van der Waals surface area contributed by atoms with E-state index in [1.807, 2.05) is 0 Å². The first-order valence-corrected chi connectivity index (χ1v) is 5.76. The lowest BCUT2D eigenvalue weighted by Crippen LogP contribution is -2.26. The minimum absolute atomic E-state index is 0.157. The number of carbonyl (C=O) groups is 2. The lowest BCUT2D eigenvalue weighted by molar-refractivity contribution is -0.131. The normalized spacial score (nSPS) is 11.0. The fraction of sp³-hybridized carbons (Fsp3) is 0.429. The molecule has 1 N–H and O–H groups in total. The first kappa shape index (κ1) is 13.4. The molecule has 0 saturated heterocycles. The summed E-state index contributed by atoms with van der Waals surface area (Å²) in [6, 6.07) is 8.34. The molecule has 0 unspecified atom stereocenters. The molecule has 3 nitrogen and oxygen atoms in total. The third-order valence-electron chi connectivity index (χ3n) is 2.64. The van der Waals surface area contributed by atoms with Gasteiger partial charge in [-0.1, -0.05) is 45.0 Å². The molecule has 0 aliphatic heterocycles.